The van der Waals surface area contributed by atoms with Gasteiger partial charge >= 0.3 is 5.97 Å². The summed E-state index contributed by atoms with van der Waals surface area (Å²) in [6.45, 7) is 2.10. The number of aliphatic carboxylic acids is 1. The average molecular weight is 273 g/mol. The van der Waals surface area contributed by atoms with Gasteiger partial charge in [-0.2, -0.15) is 0 Å². The second kappa shape index (κ2) is 5.96. The molecule has 1 N–H and O–H groups in total. The van der Waals surface area contributed by atoms with Crippen molar-refractivity contribution in [1.82, 2.24) is 4.90 Å². The van der Waals surface area contributed by atoms with Crippen LogP contribution in [0, 0.1) is 0 Å². The molecule has 1 saturated heterocycles. The van der Waals surface area contributed by atoms with Crippen molar-refractivity contribution in [1.29, 1.82) is 0 Å². The molecular formula is C17H23NO2. The first kappa shape index (κ1) is 13.6. The Bertz CT molecular complexity index is 486. The third kappa shape index (κ3) is 2.88. The summed E-state index contributed by atoms with van der Waals surface area (Å²) in [6, 6.07) is 9.03. The number of rotatable bonds is 4. The van der Waals surface area contributed by atoms with Gasteiger partial charge in [0, 0.05) is 12.6 Å². The minimum absolute atomic E-state index is 0.251. The van der Waals surface area contributed by atoms with Gasteiger partial charge in [-0.05, 0) is 55.7 Å². The van der Waals surface area contributed by atoms with Crippen LogP contribution in [0.25, 0.3) is 0 Å². The maximum absolute atomic E-state index is 11.0. The first-order valence-corrected chi connectivity index (χ1v) is 7.77. The van der Waals surface area contributed by atoms with Crippen LogP contribution in [0.5, 0.6) is 0 Å². The monoisotopic (exact) mass is 273 g/mol. The normalized spacial score (nSPS) is 26.4. The van der Waals surface area contributed by atoms with Crippen LogP contribution >= 0.6 is 0 Å². The number of carbonyl (C=O) groups is 1. The van der Waals surface area contributed by atoms with E-state index in [0.717, 1.165) is 25.9 Å². The zero-order chi connectivity index (χ0) is 13.9. The lowest BCUT2D eigenvalue weighted by atomic mass is 9.82. The number of likely N-dealkylation sites (tertiary alicyclic amines) is 1. The molecule has 1 aromatic carbocycles. The van der Waals surface area contributed by atoms with E-state index in [-0.39, 0.29) is 6.04 Å². The van der Waals surface area contributed by atoms with Crippen molar-refractivity contribution >= 4 is 5.97 Å². The molecule has 3 rings (SSSR count). The van der Waals surface area contributed by atoms with Crippen LogP contribution in [0.2, 0.25) is 0 Å². The van der Waals surface area contributed by atoms with Gasteiger partial charge in [0.2, 0.25) is 0 Å². The van der Waals surface area contributed by atoms with E-state index in [1.54, 1.807) is 0 Å². The number of hydrogen-bond donors (Lipinski definition) is 1. The summed E-state index contributed by atoms with van der Waals surface area (Å²) in [6.07, 6.45) is 6.19. The summed E-state index contributed by atoms with van der Waals surface area (Å²) >= 11 is 0. The van der Waals surface area contributed by atoms with Gasteiger partial charge in [0.05, 0.1) is 6.42 Å². The molecule has 20 heavy (non-hydrogen) atoms. The fraction of sp³-hybridized carbons (Fsp3) is 0.588. The van der Waals surface area contributed by atoms with Gasteiger partial charge in [0.1, 0.15) is 0 Å². The average Bonchev–Trinajstić information content (AvgIpc) is 2.86. The molecule has 3 heteroatoms. The number of hydrogen-bond acceptors (Lipinski definition) is 2. The molecule has 0 spiro atoms. The molecule has 1 aromatic rings. The van der Waals surface area contributed by atoms with E-state index in [4.69, 9.17) is 5.11 Å². The Balaban J connectivity index is 1.70. The molecule has 0 bridgehead atoms. The molecule has 2 aliphatic rings. The Hall–Kier alpha value is -1.35. The van der Waals surface area contributed by atoms with Gasteiger partial charge in [-0.3, -0.25) is 9.69 Å². The minimum Gasteiger partial charge on any atom is -0.481 e. The van der Waals surface area contributed by atoms with E-state index in [1.807, 2.05) is 0 Å². The maximum atomic E-state index is 11.0. The number of benzene rings is 1. The molecule has 0 amide bonds. The summed E-state index contributed by atoms with van der Waals surface area (Å²) in [4.78, 5) is 13.4. The molecule has 3 nitrogen and oxygen atoms in total. The van der Waals surface area contributed by atoms with Crippen LogP contribution in [-0.2, 0) is 11.2 Å². The first-order valence-electron chi connectivity index (χ1n) is 7.77. The van der Waals surface area contributed by atoms with E-state index in [2.05, 4.69) is 29.2 Å². The van der Waals surface area contributed by atoms with Crippen molar-refractivity contribution in [2.45, 2.75) is 50.5 Å². The molecule has 0 saturated carbocycles. The van der Waals surface area contributed by atoms with Gasteiger partial charge in [0.25, 0.3) is 0 Å². The van der Waals surface area contributed by atoms with Gasteiger partial charge in [-0.15, -0.1) is 0 Å². The Morgan fingerprint density at radius 2 is 2.10 bits per heavy atom. The molecule has 1 heterocycles. The quantitative estimate of drug-likeness (QED) is 0.916. The fourth-order valence-corrected chi connectivity index (χ4v) is 3.90. The van der Waals surface area contributed by atoms with E-state index in [0.29, 0.717) is 12.3 Å². The molecule has 2 unspecified atom stereocenters. The standard InChI is InChI=1S/C17H23NO2/c19-17(20)11-15-8-4-10-18(15)12-14-7-3-6-13-5-1-2-9-16(13)14/h1-2,5,9,14-15H,3-4,6-8,10-12H2,(H,19,20). The molecule has 108 valence electrons. The lowest BCUT2D eigenvalue weighted by molar-refractivity contribution is -0.138. The Morgan fingerprint density at radius 3 is 2.95 bits per heavy atom. The highest BCUT2D eigenvalue weighted by molar-refractivity contribution is 5.67. The molecular weight excluding hydrogens is 250 g/mol. The zero-order valence-electron chi connectivity index (χ0n) is 11.9. The van der Waals surface area contributed by atoms with Crippen LogP contribution in [-0.4, -0.2) is 35.1 Å². The van der Waals surface area contributed by atoms with Gasteiger partial charge in [0.15, 0.2) is 0 Å². The van der Waals surface area contributed by atoms with E-state index in [9.17, 15) is 4.79 Å². The Labute approximate surface area is 120 Å². The van der Waals surface area contributed by atoms with Gasteiger partial charge in [-0.25, -0.2) is 0 Å². The van der Waals surface area contributed by atoms with Crippen molar-refractivity contribution in [3.63, 3.8) is 0 Å². The predicted octanol–water partition coefficient (Wildman–Crippen LogP) is 3.05. The highest BCUT2D eigenvalue weighted by atomic mass is 16.4. The number of nitrogens with zero attached hydrogens (tertiary/aromatic N) is 1. The second-order valence-corrected chi connectivity index (χ2v) is 6.18. The van der Waals surface area contributed by atoms with E-state index >= 15 is 0 Å². The maximum Gasteiger partial charge on any atom is 0.304 e. The number of carboxylic acids is 1. The largest absolute Gasteiger partial charge is 0.481 e. The van der Waals surface area contributed by atoms with Crippen molar-refractivity contribution in [3.8, 4) is 0 Å². The summed E-state index contributed by atoms with van der Waals surface area (Å²) in [5.41, 5.74) is 3.00. The lowest BCUT2D eigenvalue weighted by Gasteiger charge is -2.32. The Morgan fingerprint density at radius 1 is 1.25 bits per heavy atom. The summed E-state index contributed by atoms with van der Waals surface area (Å²) in [7, 11) is 0. The van der Waals surface area contributed by atoms with E-state index in [1.165, 1.54) is 30.4 Å². The van der Waals surface area contributed by atoms with Crippen molar-refractivity contribution in [2.75, 3.05) is 13.1 Å². The number of fused-ring (bicyclic) bond motifs is 1. The van der Waals surface area contributed by atoms with E-state index < -0.39 is 5.97 Å². The predicted molar refractivity (Wildman–Crippen MR) is 79.0 cm³/mol. The summed E-state index contributed by atoms with van der Waals surface area (Å²) < 4.78 is 0. The lowest BCUT2D eigenvalue weighted by Crippen LogP contribution is -2.35. The summed E-state index contributed by atoms with van der Waals surface area (Å²) in [5, 5.41) is 9.03. The van der Waals surface area contributed by atoms with Crippen molar-refractivity contribution in [3.05, 3.63) is 35.4 Å². The second-order valence-electron chi connectivity index (χ2n) is 6.18. The van der Waals surface area contributed by atoms with Crippen LogP contribution in [0.4, 0.5) is 0 Å². The Kier molecular flexibility index (Phi) is 4.06. The van der Waals surface area contributed by atoms with Gasteiger partial charge in [-0.1, -0.05) is 24.3 Å². The molecule has 2 atom stereocenters. The third-order valence-electron chi connectivity index (χ3n) is 4.86. The third-order valence-corrected chi connectivity index (χ3v) is 4.86. The number of aryl methyl sites for hydroxylation is 1. The molecule has 0 radical (unpaired) electrons. The van der Waals surface area contributed by atoms with Crippen LogP contribution < -0.4 is 0 Å². The minimum atomic E-state index is -0.661. The van der Waals surface area contributed by atoms with Crippen molar-refractivity contribution < 1.29 is 9.90 Å². The molecule has 0 aromatic heterocycles. The smallest absolute Gasteiger partial charge is 0.304 e. The van der Waals surface area contributed by atoms with Gasteiger partial charge < -0.3 is 5.11 Å². The van der Waals surface area contributed by atoms with Crippen LogP contribution in [0.15, 0.2) is 24.3 Å². The first-order chi connectivity index (χ1) is 9.74. The molecule has 1 aliphatic carbocycles. The number of carboxylic acid groups (broad SMARTS) is 1. The van der Waals surface area contributed by atoms with Crippen LogP contribution in [0.1, 0.15) is 49.1 Å². The highest BCUT2D eigenvalue weighted by Crippen LogP contribution is 2.34. The molecule has 1 aliphatic heterocycles. The topological polar surface area (TPSA) is 40.5 Å². The summed E-state index contributed by atoms with van der Waals surface area (Å²) in [5.74, 6) is -0.0692. The van der Waals surface area contributed by atoms with Crippen LogP contribution in [0.3, 0.4) is 0 Å². The molecule has 1 fully saturated rings. The fourth-order valence-electron chi connectivity index (χ4n) is 3.90. The SMILES string of the molecule is O=C(O)CC1CCCN1CC1CCCc2ccccc21. The highest BCUT2D eigenvalue weighted by Gasteiger charge is 2.30. The zero-order valence-corrected chi connectivity index (χ0v) is 11.9. The van der Waals surface area contributed by atoms with Crippen molar-refractivity contribution in [2.24, 2.45) is 0 Å².